The van der Waals surface area contributed by atoms with Crippen molar-refractivity contribution in [1.82, 2.24) is 0 Å². The fourth-order valence-electron chi connectivity index (χ4n) is 3.93. The van der Waals surface area contributed by atoms with Crippen molar-refractivity contribution in [2.45, 2.75) is 32.6 Å². The Bertz CT molecular complexity index is 1050. The number of rotatable bonds is 5. The molecule has 4 heteroatoms. The van der Waals surface area contributed by atoms with Crippen LogP contribution in [0, 0.1) is 5.92 Å². The third-order valence-electron chi connectivity index (χ3n) is 5.79. The van der Waals surface area contributed by atoms with E-state index in [0.717, 1.165) is 28.4 Å². The second kappa shape index (κ2) is 8.08. The number of amides is 1. The highest BCUT2D eigenvalue weighted by Crippen LogP contribution is 2.33. The summed E-state index contributed by atoms with van der Waals surface area (Å²) in [4.78, 5) is 27.3. The topological polar surface area (TPSA) is 46.6 Å². The Morgan fingerprint density at radius 2 is 1.79 bits per heavy atom. The SMILES string of the molecule is CC[C@@H](C)c1ccccc1OC(=O)[C@@H]1CC(=O)N(c2cccc3ccccc23)C1. The van der Waals surface area contributed by atoms with Gasteiger partial charge in [-0.2, -0.15) is 0 Å². The Morgan fingerprint density at radius 1 is 1.07 bits per heavy atom. The van der Waals surface area contributed by atoms with E-state index in [4.69, 9.17) is 4.74 Å². The third-order valence-corrected chi connectivity index (χ3v) is 5.79. The van der Waals surface area contributed by atoms with Crippen LogP contribution in [-0.2, 0) is 9.59 Å². The maximum atomic E-state index is 12.9. The number of nitrogens with zero attached hydrogens (tertiary/aromatic N) is 1. The van der Waals surface area contributed by atoms with E-state index in [2.05, 4.69) is 13.8 Å². The molecule has 4 rings (SSSR count). The number of esters is 1. The number of para-hydroxylation sites is 1. The van der Waals surface area contributed by atoms with Crippen LogP contribution >= 0.6 is 0 Å². The van der Waals surface area contributed by atoms with E-state index in [9.17, 15) is 9.59 Å². The third kappa shape index (κ3) is 3.75. The molecule has 0 aromatic heterocycles. The van der Waals surface area contributed by atoms with Crippen LogP contribution in [0.25, 0.3) is 10.8 Å². The second-order valence-corrected chi connectivity index (χ2v) is 7.67. The highest BCUT2D eigenvalue weighted by Gasteiger charge is 2.37. The summed E-state index contributed by atoms with van der Waals surface area (Å²) >= 11 is 0. The van der Waals surface area contributed by atoms with Gasteiger partial charge in [-0.05, 0) is 35.4 Å². The number of hydrogen-bond acceptors (Lipinski definition) is 3. The fraction of sp³-hybridized carbons (Fsp3) is 0.280. The molecular formula is C25H25NO3. The van der Waals surface area contributed by atoms with Gasteiger partial charge in [0.1, 0.15) is 5.75 Å². The van der Waals surface area contributed by atoms with Crippen molar-refractivity contribution in [3.05, 3.63) is 72.3 Å². The van der Waals surface area contributed by atoms with Crippen LogP contribution in [0.3, 0.4) is 0 Å². The molecule has 2 atom stereocenters. The number of fused-ring (bicyclic) bond motifs is 1. The second-order valence-electron chi connectivity index (χ2n) is 7.67. The molecule has 1 fully saturated rings. The van der Waals surface area contributed by atoms with Crippen molar-refractivity contribution in [2.24, 2.45) is 5.92 Å². The molecule has 0 aliphatic carbocycles. The predicted octanol–water partition coefficient (Wildman–Crippen LogP) is 5.31. The van der Waals surface area contributed by atoms with Gasteiger partial charge in [-0.1, -0.05) is 68.4 Å². The molecule has 1 aliphatic rings. The summed E-state index contributed by atoms with van der Waals surface area (Å²) in [5.41, 5.74) is 1.88. The van der Waals surface area contributed by atoms with E-state index in [1.54, 1.807) is 4.90 Å². The molecule has 0 radical (unpaired) electrons. The minimum Gasteiger partial charge on any atom is -0.426 e. The van der Waals surface area contributed by atoms with Crippen LogP contribution < -0.4 is 9.64 Å². The largest absolute Gasteiger partial charge is 0.426 e. The minimum atomic E-state index is -0.466. The highest BCUT2D eigenvalue weighted by atomic mass is 16.5. The van der Waals surface area contributed by atoms with Crippen LogP contribution in [0.15, 0.2) is 66.7 Å². The standard InChI is InChI=1S/C25H25NO3/c1-3-17(2)20-11-6-7-14-23(20)29-25(28)19-15-24(27)26(16-19)22-13-8-10-18-9-4-5-12-21(18)22/h4-14,17,19H,3,15-16H2,1-2H3/t17-,19-/m1/s1. The summed E-state index contributed by atoms with van der Waals surface area (Å²) in [5, 5.41) is 2.09. The molecule has 0 bridgehead atoms. The zero-order chi connectivity index (χ0) is 20.4. The van der Waals surface area contributed by atoms with Crippen LogP contribution in [0.2, 0.25) is 0 Å². The summed E-state index contributed by atoms with van der Waals surface area (Å²) in [7, 11) is 0. The molecule has 1 aliphatic heterocycles. The number of anilines is 1. The molecule has 0 saturated carbocycles. The lowest BCUT2D eigenvalue weighted by atomic mass is 9.98. The maximum Gasteiger partial charge on any atom is 0.316 e. The van der Waals surface area contributed by atoms with Crippen molar-refractivity contribution in [1.29, 1.82) is 0 Å². The van der Waals surface area contributed by atoms with Gasteiger partial charge in [0.15, 0.2) is 0 Å². The molecule has 1 heterocycles. The first kappa shape index (κ1) is 19.2. The predicted molar refractivity (Wildman–Crippen MR) is 115 cm³/mol. The van der Waals surface area contributed by atoms with Gasteiger partial charge in [0.05, 0.1) is 11.6 Å². The van der Waals surface area contributed by atoms with E-state index < -0.39 is 5.92 Å². The van der Waals surface area contributed by atoms with E-state index in [1.165, 1.54) is 0 Å². The van der Waals surface area contributed by atoms with Gasteiger partial charge in [0.25, 0.3) is 0 Å². The summed E-state index contributed by atoms with van der Waals surface area (Å²) in [6.45, 7) is 4.58. The average molecular weight is 387 g/mol. The molecule has 0 unspecified atom stereocenters. The lowest BCUT2D eigenvalue weighted by Crippen LogP contribution is -2.27. The molecule has 3 aromatic rings. The van der Waals surface area contributed by atoms with Gasteiger partial charge >= 0.3 is 5.97 Å². The minimum absolute atomic E-state index is 0.0430. The monoisotopic (exact) mass is 387 g/mol. The Labute approximate surface area is 171 Å². The first-order valence-corrected chi connectivity index (χ1v) is 10.2. The fourth-order valence-corrected chi connectivity index (χ4v) is 3.93. The van der Waals surface area contributed by atoms with Gasteiger partial charge in [-0.15, -0.1) is 0 Å². The van der Waals surface area contributed by atoms with E-state index in [1.807, 2.05) is 66.7 Å². The van der Waals surface area contributed by atoms with Gasteiger partial charge in [0.2, 0.25) is 5.91 Å². The number of carbonyl (C=O) groups excluding carboxylic acids is 2. The lowest BCUT2D eigenvalue weighted by Gasteiger charge is -2.19. The van der Waals surface area contributed by atoms with Crippen molar-refractivity contribution < 1.29 is 14.3 Å². The smallest absolute Gasteiger partial charge is 0.316 e. The van der Waals surface area contributed by atoms with Gasteiger partial charge < -0.3 is 9.64 Å². The highest BCUT2D eigenvalue weighted by molar-refractivity contribution is 6.06. The molecule has 1 amide bonds. The number of benzene rings is 3. The molecular weight excluding hydrogens is 362 g/mol. The Kier molecular flexibility index (Phi) is 5.34. The molecule has 29 heavy (non-hydrogen) atoms. The summed E-state index contributed by atoms with van der Waals surface area (Å²) in [5.74, 6) is 0.0566. The summed E-state index contributed by atoms with van der Waals surface area (Å²) in [6.07, 6.45) is 1.14. The van der Waals surface area contributed by atoms with Gasteiger partial charge in [-0.25, -0.2) is 0 Å². The number of ether oxygens (including phenoxy) is 1. The van der Waals surface area contributed by atoms with Crippen LogP contribution in [0.5, 0.6) is 5.75 Å². The zero-order valence-corrected chi connectivity index (χ0v) is 16.8. The Hall–Kier alpha value is -3.14. The molecule has 0 N–H and O–H groups in total. The number of carbonyl (C=O) groups is 2. The van der Waals surface area contributed by atoms with E-state index >= 15 is 0 Å². The Balaban J connectivity index is 1.55. The van der Waals surface area contributed by atoms with Crippen molar-refractivity contribution in [3.8, 4) is 5.75 Å². The summed E-state index contributed by atoms with van der Waals surface area (Å²) in [6, 6.07) is 21.5. The van der Waals surface area contributed by atoms with Crippen molar-refractivity contribution in [3.63, 3.8) is 0 Å². The van der Waals surface area contributed by atoms with Crippen molar-refractivity contribution in [2.75, 3.05) is 11.4 Å². The molecule has 1 saturated heterocycles. The first-order valence-electron chi connectivity index (χ1n) is 10.2. The van der Waals surface area contributed by atoms with Crippen molar-refractivity contribution >= 4 is 28.3 Å². The maximum absolute atomic E-state index is 12.9. The van der Waals surface area contributed by atoms with E-state index in [-0.39, 0.29) is 18.3 Å². The zero-order valence-electron chi connectivity index (χ0n) is 16.8. The van der Waals surface area contributed by atoms with Crippen LogP contribution in [0.1, 0.15) is 38.2 Å². The average Bonchev–Trinajstić information content (AvgIpc) is 3.14. The first-order chi connectivity index (χ1) is 14.1. The summed E-state index contributed by atoms with van der Waals surface area (Å²) < 4.78 is 5.75. The normalized spacial score (nSPS) is 17.5. The van der Waals surface area contributed by atoms with Crippen LogP contribution in [0.4, 0.5) is 5.69 Å². The molecule has 0 spiro atoms. The van der Waals surface area contributed by atoms with E-state index in [0.29, 0.717) is 18.2 Å². The van der Waals surface area contributed by atoms with Crippen LogP contribution in [-0.4, -0.2) is 18.4 Å². The van der Waals surface area contributed by atoms with Gasteiger partial charge in [-0.3, -0.25) is 9.59 Å². The van der Waals surface area contributed by atoms with Gasteiger partial charge in [0, 0.05) is 18.4 Å². The Morgan fingerprint density at radius 3 is 2.62 bits per heavy atom. The quantitative estimate of drug-likeness (QED) is 0.440. The molecule has 3 aromatic carbocycles. The lowest BCUT2D eigenvalue weighted by molar-refractivity contribution is -0.139. The molecule has 148 valence electrons. The number of hydrogen-bond donors (Lipinski definition) is 0. The molecule has 4 nitrogen and oxygen atoms in total.